The fourth-order valence-electron chi connectivity index (χ4n) is 2.59. The Balaban J connectivity index is 2.14. The molecule has 1 aromatic rings. The summed E-state index contributed by atoms with van der Waals surface area (Å²) >= 11 is 0. The van der Waals surface area contributed by atoms with Crippen LogP contribution in [0.15, 0.2) is 24.3 Å². The molecule has 0 saturated heterocycles. The van der Waals surface area contributed by atoms with Crippen LogP contribution in [0.2, 0.25) is 0 Å². The van der Waals surface area contributed by atoms with Crippen LogP contribution in [0.25, 0.3) is 0 Å². The summed E-state index contributed by atoms with van der Waals surface area (Å²) in [5, 5.41) is 2.28. The smallest absolute Gasteiger partial charge is 0.416 e. The van der Waals surface area contributed by atoms with Crippen LogP contribution in [0.1, 0.15) is 12.5 Å². The quantitative estimate of drug-likeness (QED) is 0.315. The van der Waals surface area contributed by atoms with Gasteiger partial charge in [-0.3, -0.25) is 19.8 Å². The number of hydrogen-bond donors (Lipinski definition) is 3. The van der Waals surface area contributed by atoms with Gasteiger partial charge in [0.1, 0.15) is 0 Å². The van der Waals surface area contributed by atoms with Crippen molar-refractivity contribution in [2.45, 2.75) is 13.1 Å². The maximum Gasteiger partial charge on any atom is 0.416 e. The highest BCUT2D eigenvalue weighted by Gasteiger charge is 2.63. The van der Waals surface area contributed by atoms with Crippen molar-refractivity contribution in [2.24, 2.45) is 23.6 Å². The van der Waals surface area contributed by atoms with Gasteiger partial charge in [-0.05, 0) is 25.1 Å². The number of anilines is 1. The third-order valence-corrected chi connectivity index (χ3v) is 3.78. The molecule has 1 aliphatic rings. The van der Waals surface area contributed by atoms with Gasteiger partial charge in [0, 0.05) is 5.69 Å². The van der Waals surface area contributed by atoms with Crippen LogP contribution in [-0.4, -0.2) is 24.4 Å². The van der Waals surface area contributed by atoms with Gasteiger partial charge in [-0.1, -0.05) is 6.07 Å². The SMILES string of the molecule is CCOC(=O)[C@H]1[C@H](C(=O)Nc2cccc(C(F)(F)F)c2)[C@@H]1C(=O)NN. The van der Waals surface area contributed by atoms with Gasteiger partial charge in [0.2, 0.25) is 11.8 Å². The highest BCUT2D eigenvalue weighted by molar-refractivity contribution is 6.05. The van der Waals surface area contributed by atoms with E-state index in [4.69, 9.17) is 10.6 Å². The van der Waals surface area contributed by atoms with Crippen LogP contribution in [0.5, 0.6) is 0 Å². The number of hydrazine groups is 1. The molecule has 0 aromatic heterocycles. The Morgan fingerprint density at radius 2 is 1.80 bits per heavy atom. The minimum atomic E-state index is -4.56. The van der Waals surface area contributed by atoms with E-state index in [2.05, 4.69) is 5.32 Å². The third kappa shape index (κ3) is 4.08. The minimum Gasteiger partial charge on any atom is -0.466 e. The molecule has 7 nitrogen and oxygen atoms in total. The van der Waals surface area contributed by atoms with Crippen molar-refractivity contribution >= 4 is 23.5 Å². The standard InChI is InChI=1S/C15H16F3N3O4/c1-2-25-14(24)11-9(10(11)13(23)21-19)12(22)20-8-5-3-4-7(6-8)15(16,17)18/h3-6,9-11H,2,19H2,1H3,(H,20,22)(H,21,23)/t9-,10+,11+/m1/s1. The Bertz CT molecular complexity index is 693. The van der Waals surface area contributed by atoms with Gasteiger partial charge in [0.05, 0.1) is 29.9 Å². The van der Waals surface area contributed by atoms with Gasteiger partial charge in [-0.25, -0.2) is 5.84 Å². The Hall–Kier alpha value is -2.62. The fourth-order valence-corrected chi connectivity index (χ4v) is 2.59. The van der Waals surface area contributed by atoms with Crippen molar-refractivity contribution in [2.75, 3.05) is 11.9 Å². The Labute approximate surface area is 140 Å². The first kappa shape index (κ1) is 18.7. The van der Waals surface area contributed by atoms with E-state index in [1.54, 1.807) is 6.92 Å². The number of ether oxygens (including phenoxy) is 1. The summed E-state index contributed by atoms with van der Waals surface area (Å²) < 4.78 is 42.9. The summed E-state index contributed by atoms with van der Waals surface area (Å²) in [7, 11) is 0. The second-order valence-electron chi connectivity index (χ2n) is 5.41. The zero-order valence-corrected chi connectivity index (χ0v) is 13.1. The van der Waals surface area contributed by atoms with Gasteiger partial charge < -0.3 is 10.1 Å². The van der Waals surface area contributed by atoms with E-state index in [-0.39, 0.29) is 12.3 Å². The first-order valence-corrected chi connectivity index (χ1v) is 7.36. The van der Waals surface area contributed by atoms with Gasteiger partial charge in [-0.2, -0.15) is 13.2 Å². The summed E-state index contributed by atoms with van der Waals surface area (Å²) in [5.74, 6) is -0.287. The molecule has 0 spiro atoms. The number of amides is 2. The zero-order valence-electron chi connectivity index (χ0n) is 13.1. The van der Waals surface area contributed by atoms with E-state index in [9.17, 15) is 27.6 Å². The van der Waals surface area contributed by atoms with Crippen molar-refractivity contribution in [3.8, 4) is 0 Å². The average Bonchev–Trinajstić information content (AvgIpc) is 3.29. The predicted molar refractivity (Wildman–Crippen MR) is 79.5 cm³/mol. The lowest BCUT2D eigenvalue weighted by Gasteiger charge is -2.10. The molecule has 0 bridgehead atoms. The van der Waals surface area contributed by atoms with E-state index < -0.39 is 47.3 Å². The molecule has 136 valence electrons. The summed E-state index contributed by atoms with van der Waals surface area (Å²) in [4.78, 5) is 35.8. The number of hydrogen-bond acceptors (Lipinski definition) is 5. The highest BCUT2D eigenvalue weighted by Crippen LogP contribution is 2.48. The number of halogens is 3. The Morgan fingerprint density at radius 3 is 2.36 bits per heavy atom. The summed E-state index contributed by atoms with van der Waals surface area (Å²) in [6.45, 7) is 1.63. The molecule has 25 heavy (non-hydrogen) atoms. The van der Waals surface area contributed by atoms with E-state index in [1.807, 2.05) is 5.43 Å². The van der Waals surface area contributed by atoms with Gasteiger partial charge in [0.25, 0.3) is 0 Å². The van der Waals surface area contributed by atoms with Crippen LogP contribution in [0.3, 0.4) is 0 Å². The van der Waals surface area contributed by atoms with Crippen LogP contribution >= 0.6 is 0 Å². The first-order valence-electron chi connectivity index (χ1n) is 7.36. The number of carbonyl (C=O) groups is 3. The number of carbonyl (C=O) groups excluding carboxylic acids is 3. The lowest BCUT2D eigenvalue weighted by molar-refractivity contribution is -0.146. The second kappa shape index (κ2) is 7.09. The van der Waals surface area contributed by atoms with Crippen LogP contribution in [-0.2, 0) is 25.3 Å². The molecule has 2 rings (SSSR count). The minimum absolute atomic E-state index is 0.0638. The van der Waals surface area contributed by atoms with Gasteiger partial charge >= 0.3 is 12.1 Å². The lowest BCUT2D eigenvalue weighted by Crippen LogP contribution is -2.33. The lowest BCUT2D eigenvalue weighted by atomic mass is 10.2. The Morgan fingerprint density at radius 1 is 1.16 bits per heavy atom. The summed E-state index contributed by atoms with van der Waals surface area (Å²) in [6, 6.07) is 4.03. The molecule has 3 atom stereocenters. The van der Waals surface area contributed by atoms with Crippen molar-refractivity contribution < 1.29 is 32.3 Å². The average molecular weight is 359 g/mol. The zero-order chi connectivity index (χ0) is 18.8. The molecule has 4 N–H and O–H groups in total. The molecule has 10 heteroatoms. The summed E-state index contributed by atoms with van der Waals surface area (Å²) in [6.07, 6.45) is -4.56. The molecule has 1 saturated carbocycles. The normalized spacial score (nSPS) is 22.0. The largest absolute Gasteiger partial charge is 0.466 e. The number of nitrogens with one attached hydrogen (secondary N) is 2. The molecule has 1 fully saturated rings. The number of nitrogens with two attached hydrogens (primary N) is 1. The number of alkyl halides is 3. The summed E-state index contributed by atoms with van der Waals surface area (Å²) in [5.41, 5.74) is 0.829. The number of esters is 1. The van der Waals surface area contributed by atoms with Crippen molar-refractivity contribution in [1.29, 1.82) is 0 Å². The molecular formula is C15H16F3N3O4. The highest BCUT2D eigenvalue weighted by atomic mass is 19.4. The monoisotopic (exact) mass is 359 g/mol. The molecule has 1 aliphatic carbocycles. The predicted octanol–water partition coefficient (Wildman–Crippen LogP) is 1.06. The number of rotatable bonds is 5. The molecule has 2 amide bonds. The van der Waals surface area contributed by atoms with Crippen molar-refractivity contribution in [1.82, 2.24) is 5.43 Å². The first-order chi connectivity index (χ1) is 11.7. The van der Waals surface area contributed by atoms with E-state index >= 15 is 0 Å². The maximum atomic E-state index is 12.7. The fraction of sp³-hybridized carbons (Fsp3) is 0.400. The maximum absolute atomic E-state index is 12.7. The van der Waals surface area contributed by atoms with Gasteiger partial charge in [0.15, 0.2) is 0 Å². The van der Waals surface area contributed by atoms with E-state index in [0.29, 0.717) is 0 Å². The molecule has 0 radical (unpaired) electrons. The van der Waals surface area contributed by atoms with Crippen LogP contribution in [0, 0.1) is 17.8 Å². The van der Waals surface area contributed by atoms with Crippen molar-refractivity contribution in [3.05, 3.63) is 29.8 Å². The molecule has 0 aliphatic heterocycles. The topological polar surface area (TPSA) is 111 Å². The van der Waals surface area contributed by atoms with Crippen LogP contribution < -0.4 is 16.6 Å². The van der Waals surface area contributed by atoms with Crippen molar-refractivity contribution in [3.63, 3.8) is 0 Å². The Kier molecular flexibility index (Phi) is 5.31. The second-order valence-corrected chi connectivity index (χ2v) is 5.41. The van der Waals surface area contributed by atoms with E-state index in [1.165, 1.54) is 6.07 Å². The van der Waals surface area contributed by atoms with Gasteiger partial charge in [-0.15, -0.1) is 0 Å². The molecule has 0 heterocycles. The van der Waals surface area contributed by atoms with E-state index in [0.717, 1.165) is 18.2 Å². The number of benzene rings is 1. The molecule has 0 unspecified atom stereocenters. The molecule has 1 aromatic carbocycles. The van der Waals surface area contributed by atoms with Crippen LogP contribution in [0.4, 0.5) is 18.9 Å². The third-order valence-electron chi connectivity index (χ3n) is 3.78. The molecular weight excluding hydrogens is 343 g/mol.